The first-order valence-electron chi connectivity index (χ1n) is 6.79. The second kappa shape index (κ2) is 5.92. The van der Waals surface area contributed by atoms with Crippen LogP contribution in [0.5, 0.6) is 5.75 Å². The number of halogens is 1. The molecule has 0 fully saturated rings. The molecule has 0 saturated carbocycles. The van der Waals surface area contributed by atoms with Crippen molar-refractivity contribution in [1.82, 2.24) is 0 Å². The number of para-hydroxylation sites is 1. The van der Waals surface area contributed by atoms with E-state index < -0.39 is 11.7 Å². The van der Waals surface area contributed by atoms with E-state index in [1.165, 1.54) is 19.2 Å². The van der Waals surface area contributed by atoms with E-state index in [9.17, 15) is 9.18 Å². The first-order valence-corrected chi connectivity index (χ1v) is 6.79. The number of hydrogen-bond donors (Lipinski definition) is 1. The fourth-order valence-corrected chi connectivity index (χ4v) is 2.15. The standard InChI is InChI=1S/C17H13FN2O3/c1-22-11-6-7-15-10(8-11)9-12(16(19)21)17(23-15)20-14-5-3-2-4-13(14)18/h2-9H,1H3,(H2,19,21). The van der Waals surface area contributed by atoms with Crippen LogP contribution in [0, 0.1) is 5.82 Å². The second-order valence-corrected chi connectivity index (χ2v) is 4.80. The zero-order valence-electron chi connectivity index (χ0n) is 12.2. The van der Waals surface area contributed by atoms with Crippen LogP contribution in [-0.4, -0.2) is 13.0 Å². The number of amides is 1. The number of hydrogen-bond acceptors (Lipinski definition) is 4. The SMILES string of the molecule is COc1ccc2oc(=Nc3ccccc3F)c(C(N)=O)cc2c1. The minimum absolute atomic E-state index is 0.0414. The van der Waals surface area contributed by atoms with Gasteiger partial charge in [0.1, 0.15) is 28.4 Å². The molecule has 0 radical (unpaired) electrons. The summed E-state index contributed by atoms with van der Waals surface area (Å²) in [7, 11) is 1.54. The average molecular weight is 312 g/mol. The molecule has 0 unspecified atom stereocenters. The molecule has 3 rings (SSSR count). The summed E-state index contributed by atoms with van der Waals surface area (Å²) in [6.45, 7) is 0. The summed E-state index contributed by atoms with van der Waals surface area (Å²) in [5.41, 5.74) is 5.95. The lowest BCUT2D eigenvalue weighted by Gasteiger charge is -2.04. The van der Waals surface area contributed by atoms with Gasteiger partial charge in [-0.1, -0.05) is 12.1 Å². The molecule has 0 saturated heterocycles. The third-order valence-electron chi connectivity index (χ3n) is 3.29. The predicted octanol–water partition coefficient (Wildman–Crippen LogP) is 2.91. The van der Waals surface area contributed by atoms with Crippen LogP contribution in [0.15, 0.2) is 57.9 Å². The Kier molecular flexibility index (Phi) is 3.80. The molecule has 0 aliphatic heterocycles. The Balaban J connectivity index is 2.29. The molecule has 1 amide bonds. The molecule has 23 heavy (non-hydrogen) atoms. The van der Waals surface area contributed by atoms with E-state index in [1.807, 2.05) is 0 Å². The fourth-order valence-electron chi connectivity index (χ4n) is 2.15. The summed E-state index contributed by atoms with van der Waals surface area (Å²) in [5.74, 6) is -0.622. The Labute approximate surface area is 130 Å². The van der Waals surface area contributed by atoms with Crippen LogP contribution in [0.2, 0.25) is 0 Å². The molecule has 1 heterocycles. The van der Waals surface area contributed by atoms with E-state index in [2.05, 4.69) is 4.99 Å². The van der Waals surface area contributed by atoms with Gasteiger partial charge in [-0.3, -0.25) is 4.79 Å². The summed E-state index contributed by atoms with van der Waals surface area (Å²) in [4.78, 5) is 15.8. The number of carbonyl (C=O) groups is 1. The lowest BCUT2D eigenvalue weighted by atomic mass is 10.1. The van der Waals surface area contributed by atoms with Crippen molar-refractivity contribution in [3.8, 4) is 5.75 Å². The van der Waals surface area contributed by atoms with Crippen molar-refractivity contribution in [2.75, 3.05) is 7.11 Å². The van der Waals surface area contributed by atoms with Gasteiger partial charge >= 0.3 is 0 Å². The van der Waals surface area contributed by atoms with Gasteiger partial charge in [-0.25, -0.2) is 9.38 Å². The number of fused-ring (bicyclic) bond motifs is 1. The lowest BCUT2D eigenvalue weighted by molar-refractivity contribution is 0.0996. The maximum Gasteiger partial charge on any atom is 0.254 e. The highest BCUT2D eigenvalue weighted by atomic mass is 19.1. The minimum atomic E-state index is -0.714. The first-order chi connectivity index (χ1) is 11.1. The number of nitrogens with zero attached hydrogens (tertiary/aromatic N) is 1. The van der Waals surface area contributed by atoms with Crippen LogP contribution < -0.4 is 16.0 Å². The third kappa shape index (κ3) is 2.91. The van der Waals surface area contributed by atoms with Crippen LogP contribution in [0.25, 0.3) is 11.0 Å². The molecule has 0 atom stereocenters. The Hall–Kier alpha value is -3.15. The van der Waals surface area contributed by atoms with Gasteiger partial charge in [-0.2, -0.15) is 0 Å². The van der Waals surface area contributed by atoms with Crippen molar-refractivity contribution < 1.29 is 18.3 Å². The molecule has 0 aliphatic carbocycles. The highest BCUT2D eigenvalue weighted by Crippen LogP contribution is 2.21. The van der Waals surface area contributed by atoms with Gasteiger partial charge in [0, 0.05) is 5.39 Å². The van der Waals surface area contributed by atoms with Crippen LogP contribution in [-0.2, 0) is 0 Å². The first kappa shape index (κ1) is 14.8. The van der Waals surface area contributed by atoms with Gasteiger partial charge in [0.05, 0.1) is 7.11 Å². The molecular weight excluding hydrogens is 299 g/mol. The van der Waals surface area contributed by atoms with E-state index in [-0.39, 0.29) is 16.8 Å². The summed E-state index contributed by atoms with van der Waals surface area (Å²) in [6, 6.07) is 12.6. The van der Waals surface area contributed by atoms with E-state index in [0.717, 1.165) is 0 Å². The minimum Gasteiger partial charge on any atom is -0.497 e. The Morgan fingerprint density at radius 2 is 2.00 bits per heavy atom. The maximum absolute atomic E-state index is 13.8. The summed E-state index contributed by atoms with van der Waals surface area (Å²) < 4.78 is 24.5. The summed E-state index contributed by atoms with van der Waals surface area (Å²) >= 11 is 0. The molecule has 6 heteroatoms. The molecular formula is C17H13FN2O3. The zero-order chi connectivity index (χ0) is 16.4. The van der Waals surface area contributed by atoms with Gasteiger partial charge in [-0.15, -0.1) is 0 Å². The van der Waals surface area contributed by atoms with E-state index in [0.29, 0.717) is 16.7 Å². The largest absolute Gasteiger partial charge is 0.497 e. The monoisotopic (exact) mass is 312 g/mol. The Morgan fingerprint density at radius 3 is 2.70 bits per heavy atom. The molecule has 0 bridgehead atoms. The predicted molar refractivity (Wildman–Crippen MR) is 82.9 cm³/mol. The van der Waals surface area contributed by atoms with Crippen molar-refractivity contribution in [3.63, 3.8) is 0 Å². The number of methoxy groups -OCH3 is 1. The van der Waals surface area contributed by atoms with Crippen LogP contribution >= 0.6 is 0 Å². The maximum atomic E-state index is 13.8. The van der Waals surface area contributed by atoms with Gasteiger partial charge in [0.25, 0.3) is 5.91 Å². The number of primary amides is 1. The van der Waals surface area contributed by atoms with Gasteiger partial charge in [-0.05, 0) is 36.4 Å². The average Bonchev–Trinajstić information content (AvgIpc) is 2.55. The highest BCUT2D eigenvalue weighted by Gasteiger charge is 2.11. The van der Waals surface area contributed by atoms with E-state index in [4.69, 9.17) is 14.9 Å². The normalized spacial score (nSPS) is 11.7. The van der Waals surface area contributed by atoms with Crippen molar-refractivity contribution >= 4 is 22.6 Å². The Morgan fingerprint density at radius 1 is 1.22 bits per heavy atom. The van der Waals surface area contributed by atoms with Gasteiger partial charge in [0.2, 0.25) is 5.55 Å². The van der Waals surface area contributed by atoms with Gasteiger partial charge < -0.3 is 14.9 Å². The molecule has 5 nitrogen and oxygen atoms in total. The smallest absolute Gasteiger partial charge is 0.254 e. The quantitative estimate of drug-likeness (QED) is 0.807. The third-order valence-corrected chi connectivity index (χ3v) is 3.29. The van der Waals surface area contributed by atoms with Crippen molar-refractivity contribution in [3.05, 3.63) is 65.5 Å². The van der Waals surface area contributed by atoms with E-state index in [1.54, 1.807) is 36.4 Å². The van der Waals surface area contributed by atoms with Gasteiger partial charge in [0.15, 0.2) is 0 Å². The molecule has 3 aromatic rings. The molecule has 0 aliphatic rings. The highest BCUT2D eigenvalue weighted by molar-refractivity contribution is 5.95. The Bertz CT molecular complexity index is 963. The van der Waals surface area contributed by atoms with Crippen LogP contribution in [0.3, 0.4) is 0 Å². The van der Waals surface area contributed by atoms with Crippen molar-refractivity contribution in [1.29, 1.82) is 0 Å². The van der Waals surface area contributed by atoms with Crippen molar-refractivity contribution in [2.24, 2.45) is 10.7 Å². The summed E-state index contributed by atoms with van der Waals surface area (Å²) in [6.07, 6.45) is 0. The topological polar surface area (TPSA) is 77.8 Å². The summed E-state index contributed by atoms with van der Waals surface area (Å²) in [5, 5.41) is 0.630. The van der Waals surface area contributed by atoms with Crippen LogP contribution in [0.1, 0.15) is 10.4 Å². The molecule has 1 aromatic heterocycles. The number of nitrogens with two attached hydrogens (primary N) is 1. The second-order valence-electron chi connectivity index (χ2n) is 4.80. The molecule has 116 valence electrons. The van der Waals surface area contributed by atoms with Crippen molar-refractivity contribution in [2.45, 2.75) is 0 Å². The zero-order valence-corrected chi connectivity index (χ0v) is 12.2. The van der Waals surface area contributed by atoms with E-state index >= 15 is 0 Å². The fraction of sp³-hybridized carbons (Fsp3) is 0.0588. The molecule has 2 aromatic carbocycles. The number of rotatable bonds is 3. The lowest BCUT2D eigenvalue weighted by Crippen LogP contribution is -2.21. The van der Waals surface area contributed by atoms with Crippen LogP contribution in [0.4, 0.5) is 10.1 Å². The molecule has 2 N–H and O–H groups in total. The number of carbonyl (C=O) groups excluding carboxylic acids is 1. The number of ether oxygens (including phenoxy) is 1. The molecule has 0 spiro atoms. The number of benzene rings is 2.